The van der Waals surface area contributed by atoms with Crippen molar-refractivity contribution in [2.75, 3.05) is 20.3 Å². The van der Waals surface area contributed by atoms with Crippen molar-refractivity contribution in [3.8, 4) is 11.5 Å². The second-order valence-corrected chi connectivity index (χ2v) is 6.04. The van der Waals surface area contributed by atoms with Gasteiger partial charge in [0.25, 0.3) is 11.7 Å². The maximum Gasteiger partial charge on any atom is 0.295 e. The smallest absolute Gasteiger partial charge is 0.295 e. The van der Waals surface area contributed by atoms with E-state index in [1.807, 2.05) is 0 Å². The number of amides is 1. The summed E-state index contributed by atoms with van der Waals surface area (Å²) in [5.41, 5.74) is 0.713. The van der Waals surface area contributed by atoms with Gasteiger partial charge in [0, 0.05) is 12.1 Å². The first-order chi connectivity index (χ1) is 13.0. The molecule has 0 aliphatic carbocycles. The van der Waals surface area contributed by atoms with Crippen LogP contribution in [0.2, 0.25) is 0 Å². The number of β-amino-alcohol motifs (C(OH)–C–C–N with tert-alkyl or cyclic N) is 1. The predicted molar refractivity (Wildman–Crippen MR) is 97.2 cm³/mol. The van der Waals surface area contributed by atoms with Crippen LogP contribution in [-0.4, -0.2) is 52.2 Å². The van der Waals surface area contributed by atoms with Crippen molar-refractivity contribution in [2.45, 2.75) is 6.04 Å². The van der Waals surface area contributed by atoms with E-state index in [4.69, 9.17) is 4.74 Å². The summed E-state index contributed by atoms with van der Waals surface area (Å²) in [5, 5.41) is 29.9. The number of methoxy groups -OCH3 is 1. The summed E-state index contributed by atoms with van der Waals surface area (Å²) < 4.78 is 5.08. The highest BCUT2D eigenvalue weighted by Crippen LogP contribution is 2.40. The van der Waals surface area contributed by atoms with Crippen molar-refractivity contribution in [3.05, 3.63) is 65.2 Å². The molecular weight excluding hydrogens is 350 g/mol. The minimum absolute atomic E-state index is 0.0356. The van der Waals surface area contributed by atoms with Gasteiger partial charge in [0.15, 0.2) is 0 Å². The molecule has 1 heterocycles. The number of carbonyl (C=O) groups is 2. The van der Waals surface area contributed by atoms with E-state index in [1.165, 1.54) is 24.1 Å². The molecule has 0 radical (unpaired) electrons. The molecule has 1 fully saturated rings. The molecule has 1 aliphatic heterocycles. The predicted octanol–water partition coefficient (Wildman–Crippen LogP) is 1.81. The van der Waals surface area contributed by atoms with Crippen molar-refractivity contribution in [1.29, 1.82) is 0 Å². The lowest BCUT2D eigenvalue weighted by atomic mass is 9.95. The molecular formula is C20H19NO6. The summed E-state index contributed by atoms with van der Waals surface area (Å²) in [6.07, 6.45) is 0. The first kappa shape index (κ1) is 18.5. The van der Waals surface area contributed by atoms with Crippen LogP contribution in [0.15, 0.2) is 54.1 Å². The molecule has 2 aromatic carbocycles. The fraction of sp³-hybridized carbons (Fsp3) is 0.200. The SMILES string of the molecule is COc1ccc(/C(O)=C2\C(=O)C(=O)N(CCO)[C@H]2c2cccc(O)c2)cc1. The van der Waals surface area contributed by atoms with Crippen LogP contribution >= 0.6 is 0 Å². The van der Waals surface area contributed by atoms with E-state index in [0.29, 0.717) is 16.9 Å². The lowest BCUT2D eigenvalue weighted by Gasteiger charge is -2.24. The summed E-state index contributed by atoms with van der Waals surface area (Å²) in [4.78, 5) is 26.3. The molecule has 0 saturated carbocycles. The molecule has 3 rings (SSSR count). The lowest BCUT2D eigenvalue weighted by molar-refractivity contribution is -0.140. The van der Waals surface area contributed by atoms with Gasteiger partial charge in [-0.25, -0.2) is 0 Å². The van der Waals surface area contributed by atoms with Crippen molar-refractivity contribution >= 4 is 17.4 Å². The Morgan fingerprint density at radius 2 is 1.85 bits per heavy atom. The lowest BCUT2D eigenvalue weighted by Crippen LogP contribution is -2.32. The van der Waals surface area contributed by atoms with Gasteiger partial charge in [-0.3, -0.25) is 9.59 Å². The Hall–Kier alpha value is -3.32. The number of ether oxygens (including phenoxy) is 1. The Labute approximate surface area is 155 Å². The molecule has 0 unspecified atom stereocenters. The monoisotopic (exact) mass is 369 g/mol. The van der Waals surface area contributed by atoms with Gasteiger partial charge < -0.3 is 25.0 Å². The van der Waals surface area contributed by atoms with E-state index in [2.05, 4.69) is 0 Å². The molecule has 0 spiro atoms. The molecule has 0 aromatic heterocycles. The summed E-state index contributed by atoms with van der Waals surface area (Å²) in [5.74, 6) is -1.44. The average Bonchev–Trinajstić information content (AvgIpc) is 2.93. The Balaban J connectivity index is 2.16. The number of phenolic OH excluding ortho intramolecular Hbond substituents is 1. The van der Waals surface area contributed by atoms with E-state index in [1.54, 1.807) is 36.4 Å². The number of ketones is 1. The van der Waals surface area contributed by atoms with Crippen molar-refractivity contribution in [3.63, 3.8) is 0 Å². The Kier molecular flexibility index (Phi) is 5.14. The number of aliphatic hydroxyl groups excluding tert-OH is 2. The molecule has 3 N–H and O–H groups in total. The topological polar surface area (TPSA) is 107 Å². The number of rotatable bonds is 5. The molecule has 1 atom stereocenters. The van der Waals surface area contributed by atoms with Crippen LogP contribution < -0.4 is 4.74 Å². The van der Waals surface area contributed by atoms with Crippen LogP contribution in [0, 0.1) is 0 Å². The zero-order valence-corrected chi connectivity index (χ0v) is 14.6. The molecule has 7 nitrogen and oxygen atoms in total. The molecule has 27 heavy (non-hydrogen) atoms. The third-order valence-electron chi connectivity index (χ3n) is 4.43. The maximum atomic E-state index is 12.6. The van der Waals surface area contributed by atoms with Crippen LogP contribution in [0.5, 0.6) is 11.5 Å². The van der Waals surface area contributed by atoms with Gasteiger partial charge >= 0.3 is 0 Å². The van der Waals surface area contributed by atoms with Crippen molar-refractivity contribution < 1.29 is 29.6 Å². The van der Waals surface area contributed by atoms with Crippen LogP contribution in [-0.2, 0) is 9.59 Å². The van der Waals surface area contributed by atoms with Crippen molar-refractivity contribution in [2.24, 2.45) is 0 Å². The number of likely N-dealkylation sites (tertiary alicyclic amines) is 1. The van der Waals surface area contributed by atoms with Crippen LogP contribution in [0.3, 0.4) is 0 Å². The number of nitrogens with zero attached hydrogens (tertiary/aromatic N) is 1. The van der Waals surface area contributed by atoms with Crippen LogP contribution in [0.25, 0.3) is 5.76 Å². The Bertz CT molecular complexity index is 903. The largest absolute Gasteiger partial charge is 0.508 e. The first-order valence-corrected chi connectivity index (χ1v) is 8.30. The molecule has 1 aliphatic rings. The summed E-state index contributed by atoms with van der Waals surface area (Å²) in [7, 11) is 1.51. The molecule has 140 valence electrons. The summed E-state index contributed by atoms with van der Waals surface area (Å²) in [6.45, 7) is -0.421. The zero-order chi connectivity index (χ0) is 19.6. The van der Waals surface area contributed by atoms with Gasteiger partial charge in [0.2, 0.25) is 0 Å². The number of benzene rings is 2. The molecule has 0 bridgehead atoms. The number of hydrogen-bond donors (Lipinski definition) is 3. The second kappa shape index (κ2) is 7.51. The second-order valence-electron chi connectivity index (χ2n) is 6.04. The standard InChI is InChI=1S/C20H19NO6/c1-27-15-7-5-12(6-8-15)18(24)16-17(13-3-2-4-14(23)11-13)21(9-10-22)20(26)19(16)25/h2-8,11,17,22-24H,9-10H2,1H3/b18-16+/t17-/m0/s1. The van der Waals surface area contributed by atoms with Crippen LogP contribution in [0.4, 0.5) is 0 Å². The van der Waals surface area contributed by atoms with E-state index in [0.717, 1.165) is 0 Å². The van der Waals surface area contributed by atoms with Gasteiger partial charge in [-0.2, -0.15) is 0 Å². The van der Waals surface area contributed by atoms with E-state index < -0.39 is 17.7 Å². The number of carbonyl (C=O) groups excluding carboxylic acids is 2. The minimum atomic E-state index is -0.911. The minimum Gasteiger partial charge on any atom is -0.508 e. The normalized spacial score (nSPS) is 18.7. The van der Waals surface area contributed by atoms with E-state index in [-0.39, 0.29) is 30.2 Å². The fourth-order valence-corrected chi connectivity index (χ4v) is 3.16. The number of aromatic hydroxyl groups is 1. The average molecular weight is 369 g/mol. The van der Waals surface area contributed by atoms with Gasteiger partial charge in [-0.1, -0.05) is 12.1 Å². The first-order valence-electron chi connectivity index (χ1n) is 8.30. The summed E-state index contributed by atoms with van der Waals surface area (Å²) >= 11 is 0. The molecule has 7 heteroatoms. The molecule has 2 aromatic rings. The summed E-state index contributed by atoms with van der Waals surface area (Å²) in [6, 6.07) is 11.6. The third-order valence-corrected chi connectivity index (χ3v) is 4.43. The molecule has 1 amide bonds. The Morgan fingerprint density at radius 1 is 1.15 bits per heavy atom. The number of aliphatic hydroxyl groups is 2. The highest BCUT2D eigenvalue weighted by Gasteiger charge is 2.45. The molecule has 1 saturated heterocycles. The quantitative estimate of drug-likeness (QED) is 0.422. The van der Waals surface area contributed by atoms with E-state index >= 15 is 0 Å². The number of phenols is 1. The maximum absolute atomic E-state index is 12.6. The van der Waals surface area contributed by atoms with E-state index in [9.17, 15) is 24.9 Å². The van der Waals surface area contributed by atoms with Gasteiger partial charge in [-0.05, 0) is 42.0 Å². The fourth-order valence-electron chi connectivity index (χ4n) is 3.16. The highest BCUT2D eigenvalue weighted by molar-refractivity contribution is 6.46. The zero-order valence-electron chi connectivity index (χ0n) is 14.6. The number of Topliss-reactive ketones (excluding diaryl/α,β-unsaturated/α-hetero) is 1. The Morgan fingerprint density at radius 3 is 2.44 bits per heavy atom. The number of hydrogen-bond acceptors (Lipinski definition) is 6. The van der Waals surface area contributed by atoms with Crippen molar-refractivity contribution in [1.82, 2.24) is 4.90 Å². The van der Waals surface area contributed by atoms with Gasteiger partial charge in [0.1, 0.15) is 17.3 Å². The third kappa shape index (κ3) is 3.37. The highest BCUT2D eigenvalue weighted by atomic mass is 16.5. The van der Waals surface area contributed by atoms with Gasteiger partial charge in [-0.15, -0.1) is 0 Å². The van der Waals surface area contributed by atoms with Gasteiger partial charge in [0.05, 0.1) is 25.3 Å². The van der Waals surface area contributed by atoms with Crippen LogP contribution in [0.1, 0.15) is 17.2 Å².